The van der Waals surface area contributed by atoms with Crippen LogP contribution in [0.5, 0.6) is 0 Å². The van der Waals surface area contributed by atoms with E-state index >= 15 is 0 Å². The molecule has 3 aromatic rings. The van der Waals surface area contributed by atoms with Crippen molar-refractivity contribution in [1.29, 1.82) is 0 Å². The molecule has 0 fully saturated rings. The molecule has 3 rings (SSSR count). The van der Waals surface area contributed by atoms with E-state index in [9.17, 15) is 24.1 Å². The Hall–Kier alpha value is -3.30. The Bertz CT molecular complexity index is 1210. The summed E-state index contributed by atoms with van der Waals surface area (Å²) >= 11 is 4.59. The number of aromatic carboxylic acids is 1. The van der Waals surface area contributed by atoms with Crippen LogP contribution in [0.4, 0.5) is 10.1 Å². The molecule has 0 aromatic heterocycles. The standard InChI is InChI=1S/C23H15BrFNO5S/c24-18-8-1-14(2-9-18)13-32-21(12-15-3-10-20(26(30)31)19(25)11-15)22(27)16-4-6-17(7-5-16)23(28)29/h1-12H,13H2,(H,28,29)/b21-12+. The number of nitrogens with zero attached hydrogens (tertiary/aromatic N) is 1. The molecule has 0 bridgehead atoms. The van der Waals surface area contributed by atoms with Crippen LogP contribution in [0.25, 0.3) is 6.08 Å². The number of ketones is 1. The van der Waals surface area contributed by atoms with Gasteiger partial charge in [-0.15, -0.1) is 11.8 Å². The molecular weight excluding hydrogens is 501 g/mol. The number of carbonyl (C=O) groups is 2. The maximum absolute atomic E-state index is 14.1. The Labute approximate surface area is 195 Å². The number of carboxylic acids is 1. The lowest BCUT2D eigenvalue weighted by molar-refractivity contribution is -0.387. The number of nitro benzene ring substituents is 1. The molecule has 0 atom stereocenters. The van der Waals surface area contributed by atoms with Gasteiger partial charge < -0.3 is 5.11 Å². The highest BCUT2D eigenvalue weighted by Gasteiger charge is 2.17. The zero-order valence-electron chi connectivity index (χ0n) is 16.3. The summed E-state index contributed by atoms with van der Waals surface area (Å²) in [5.41, 5.74) is 0.913. The number of carboxylic acid groups (broad SMARTS) is 1. The fraction of sp³-hybridized carbons (Fsp3) is 0.0435. The number of carbonyl (C=O) groups excluding carboxylic acids is 1. The van der Waals surface area contributed by atoms with Gasteiger partial charge >= 0.3 is 11.7 Å². The second-order valence-corrected chi connectivity index (χ2v) is 8.54. The number of allylic oxidation sites excluding steroid dienone is 1. The van der Waals surface area contributed by atoms with Crippen molar-refractivity contribution in [2.45, 2.75) is 5.75 Å². The molecule has 0 aliphatic carbocycles. The summed E-state index contributed by atoms with van der Waals surface area (Å²) < 4.78 is 15.0. The van der Waals surface area contributed by atoms with Crippen LogP contribution in [0.2, 0.25) is 0 Å². The Morgan fingerprint density at radius 1 is 1.03 bits per heavy atom. The lowest BCUT2D eigenvalue weighted by atomic mass is 10.1. The van der Waals surface area contributed by atoms with E-state index in [1.807, 2.05) is 24.3 Å². The molecular formula is C23H15BrFNO5S. The van der Waals surface area contributed by atoms with Gasteiger partial charge in [0.1, 0.15) is 0 Å². The van der Waals surface area contributed by atoms with E-state index in [4.69, 9.17) is 5.11 Å². The van der Waals surface area contributed by atoms with Gasteiger partial charge in [0, 0.05) is 21.9 Å². The fourth-order valence-electron chi connectivity index (χ4n) is 2.73. The van der Waals surface area contributed by atoms with Crippen molar-refractivity contribution in [3.05, 3.63) is 114 Å². The minimum Gasteiger partial charge on any atom is -0.478 e. The van der Waals surface area contributed by atoms with Crippen molar-refractivity contribution in [2.24, 2.45) is 0 Å². The van der Waals surface area contributed by atoms with Crippen molar-refractivity contribution in [2.75, 3.05) is 0 Å². The van der Waals surface area contributed by atoms with Crippen molar-refractivity contribution in [1.82, 2.24) is 0 Å². The third-order valence-corrected chi connectivity index (χ3v) is 6.01. The van der Waals surface area contributed by atoms with Gasteiger partial charge in [-0.2, -0.15) is 4.39 Å². The average molecular weight is 516 g/mol. The third-order valence-electron chi connectivity index (χ3n) is 4.39. The van der Waals surface area contributed by atoms with Crippen LogP contribution in [0.15, 0.2) is 76.1 Å². The maximum atomic E-state index is 14.1. The largest absolute Gasteiger partial charge is 0.478 e. The molecule has 0 radical (unpaired) electrons. The Kier molecular flexibility index (Phi) is 7.55. The molecule has 1 N–H and O–H groups in total. The Balaban J connectivity index is 1.94. The summed E-state index contributed by atoms with van der Waals surface area (Å²) in [6.07, 6.45) is 1.46. The number of hydrogen-bond acceptors (Lipinski definition) is 5. The van der Waals surface area contributed by atoms with E-state index in [2.05, 4.69) is 15.9 Å². The molecule has 162 valence electrons. The number of halogens is 2. The quantitative estimate of drug-likeness (QED) is 0.162. The number of thioether (sulfide) groups is 1. The van der Waals surface area contributed by atoms with Crippen LogP contribution in [-0.2, 0) is 5.75 Å². The summed E-state index contributed by atoms with van der Waals surface area (Å²) in [5.74, 6) is -2.03. The first-order chi connectivity index (χ1) is 15.2. The number of Topliss-reactive ketones (excluding diaryl/α,β-unsaturated/α-hetero) is 1. The summed E-state index contributed by atoms with van der Waals surface area (Å²) in [7, 11) is 0. The van der Waals surface area contributed by atoms with E-state index in [0.29, 0.717) is 11.3 Å². The molecule has 0 saturated heterocycles. The van der Waals surface area contributed by atoms with Gasteiger partial charge in [-0.3, -0.25) is 14.9 Å². The molecule has 0 unspecified atom stereocenters. The fourth-order valence-corrected chi connectivity index (χ4v) is 3.98. The van der Waals surface area contributed by atoms with Gasteiger partial charge in [0.15, 0.2) is 5.78 Å². The second-order valence-electron chi connectivity index (χ2n) is 6.60. The maximum Gasteiger partial charge on any atom is 0.335 e. The molecule has 0 aliphatic rings. The molecule has 0 amide bonds. The third kappa shape index (κ3) is 5.89. The zero-order valence-corrected chi connectivity index (χ0v) is 18.7. The lowest BCUT2D eigenvalue weighted by Gasteiger charge is -2.08. The summed E-state index contributed by atoms with van der Waals surface area (Å²) in [6, 6.07) is 16.4. The summed E-state index contributed by atoms with van der Waals surface area (Å²) in [6.45, 7) is 0. The summed E-state index contributed by atoms with van der Waals surface area (Å²) in [4.78, 5) is 34.5. The molecule has 9 heteroatoms. The monoisotopic (exact) mass is 515 g/mol. The molecule has 6 nitrogen and oxygen atoms in total. The molecule has 3 aromatic carbocycles. The topological polar surface area (TPSA) is 97.5 Å². The molecule has 0 heterocycles. The predicted octanol–water partition coefficient (Wildman–Crippen LogP) is 6.35. The van der Waals surface area contributed by atoms with Crippen LogP contribution in [0.3, 0.4) is 0 Å². The van der Waals surface area contributed by atoms with E-state index < -0.39 is 22.4 Å². The van der Waals surface area contributed by atoms with E-state index in [1.54, 1.807) is 0 Å². The number of rotatable bonds is 8. The van der Waals surface area contributed by atoms with Crippen molar-refractivity contribution < 1.29 is 24.0 Å². The highest BCUT2D eigenvalue weighted by atomic mass is 79.9. The molecule has 0 saturated carbocycles. The van der Waals surface area contributed by atoms with Crippen LogP contribution in [0, 0.1) is 15.9 Å². The van der Waals surface area contributed by atoms with Crippen molar-refractivity contribution in [3.8, 4) is 0 Å². The zero-order chi connectivity index (χ0) is 23.3. The predicted molar refractivity (Wildman–Crippen MR) is 124 cm³/mol. The van der Waals surface area contributed by atoms with Gasteiger partial charge in [0.2, 0.25) is 5.82 Å². The highest BCUT2D eigenvalue weighted by molar-refractivity contribution is 9.10. The van der Waals surface area contributed by atoms with E-state index in [1.165, 1.54) is 48.2 Å². The van der Waals surface area contributed by atoms with Gasteiger partial charge in [-0.05, 0) is 53.6 Å². The normalized spacial score (nSPS) is 11.2. The van der Waals surface area contributed by atoms with Gasteiger partial charge in [0.05, 0.1) is 15.4 Å². The minimum atomic E-state index is -1.11. The van der Waals surface area contributed by atoms with Gasteiger partial charge in [0.25, 0.3) is 0 Å². The first-order valence-electron chi connectivity index (χ1n) is 9.15. The van der Waals surface area contributed by atoms with Crippen LogP contribution in [-0.4, -0.2) is 21.8 Å². The van der Waals surface area contributed by atoms with Gasteiger partial charge in [-0.25, -0.2) is 4.79 Å². The number of benzene rings is 3. The van der Waals surface area contributed by atoms with Crippen molar-refractivity contribution >= 4 is 51.2 Å². The number of hydrogen-bond donors (Lipinski definition) is 1. The van der Waals surface area contributed by atoms with E-state index in [-0.39, 0.29) is 21.8 Å². The van der Waals surface area contributed by atoms with Crippen LogP contribution < -0.4 is 0 Å². The first kappa shape index (κ1) is 23.4. The minimum absolute atomic E-state index is 0.0482. The molecule has 0 aliphatic heterocycles. The summed E-state index contributed by atoms with van der Waals surface area (Å²) in [5, 5.41) is 19.9. The lowest BCUT2D eigenvalue weighted by Crippen LogP contribution is -2.03. The SMILES string of the molecule is O=C(O)c1ccc(C(=O)/C(=C\c2ccc([N+](=O)[O-])c(F)c2)SCc2ccc(Br)cc2)cc1. The average Bonchev–Trinajstić information content (AvgIpc) is 2.77. The van der Waals surface area contributed by atoms with Crippen LogP contribution in [0.1, 0.15) is 31.8 Å². The van der Waals surface area contributed by atoms with Crippen molar-refractivity contribution in [3.63, 3.8) is 0 Å². The number of nitro groups is 1. The second kappa shape index (κ2) is 10.3. The van der Waals surface area contributed by atoms with Crippen LogP contribution >= 0.6 is 27.7 Å². The van der Waals surface area contributed by atoms with Gasteiger partial charge in [-0.1, -0.05) is 40.2 Å². The van der Waals surface area contributed by atoms with E-state index in [0.717, 1.165) is 22.2 Å². The first-order valence-corrected chi connectivity index (χ1v) is 10.9. The Morgan fingerprint density at radius 3 is 2.22 bits per heavy atom. The Morgan fingerprint density at radius 2 is 1.66 bits per heavy atom. The highest BCUT2D eigenvalue weighted by Crippen LogP contribution is 2.29. The molecule has 32 heavy (non-hydrogen) atoms. The molecule has 0 spiro atoms. The smallest absolute Gasteiger partial charge is 0.335 e.